The summed E-state index contributed by atoms with van der Waals surface area (Å²) in [5.74, 6) is 0. The Morgan fingerprint density at radius 2 is 1.76 bits per heavy atom. The van der Waals surface area contributed by atoms with Gasteiger partial charge in [-0.15, -0.1) is 0 Å². The number of nitriles is 1. The van der Waals surface area contributed by atoms with Crippen molar-refractivity contribution in [3.63, 3.8) is 0 Å². The summed E-state index contributed by atoms with van der Waals surface area (Å²) in [7, 11) is 0. The molecule has 0 aliphatic carbocycles. The number of pyridine rings is 1. The Kier molecular flexibility index (Phi) is 2.48. The number of nitrogens with zero attached hydrogens (tertiary/aromatic N) is 3. The van der Waals surface area contributed by atoms with E-state index in [1.54, 1.807) is 6.20 Å². The molecule has 98 valence electrons. The number of aromatic nitrogens is 2. The Hall–Kier alpha value is -3.12. The number of para-hydroxylation sites is 1. The molecule has 3 heteroatoms. The standard InChI is InChI=1S/C18H11N3/c19-12-13-5-3-6-14(11-13)21-17-9-2-1-7-15(17)16-8-4-10-20-18(16)21/h1-11H. The molecule has 0 spiro atoms. The largest absolute Gasteiger partial charge is 0.294 e. The fourth-order valence-electron chi connectivity index (χ4n) is 2.77. The molecular weight excluding hydrogens is 258 g/mol. The molecule has 2 heterocycles. The van der Waals surface area contributed by atoms with E-state index < -0.39 is 0 Å². The molecule has 2 aromatic heterocycles. The van der Waals surface area contributed by atoms with E-state index in [0.717, 1.165) is 22.2 Å². The second kappa shape index (κ2) is 4.46. The zero-order valence-electron chi connectivity index (χ0n) is 11.2. The summed E-state index contributed by atoms with van der Waals surface area (Å²) in [5, 5.41) is 11.4. The lowest BCUT2D eigenvalue weighted by molar-refractivity contribution is 1.13. The maximum Gasteiger partial charge on any atom is 0.145 e. The minimum absolute atomic E-state index is 0.648. The molecule has 0 saturated heterocycles. The van der Waals surface area contributed by atoms with E-state index in [-0.39, 0.29) is 0 Å². The van der Waals surface area contributed by atoms with Gasteiger partial charge in [-0.3, -0.25) is 4.57 Å². The third kappa shape index (κ3) is 1.70. The predicted molar refractivity (Wildman–Crippen MR) is 83.3 cm³/mol. The van der Waals surface area contributed by atoms with Gasteiger partial charge in [0.25, 0.3) is 0 Å². The first-order valence-electron chi connectivity index (χ1n) is 6.73. The third-order valence-corrected chi connectivity index (χ3v) is 3.67. The van der Waals surface area contributed by atoms with Gasteiger partial charge in [-0.1, -0.05) is 24.3 Å². The van der Waals surface area contributed by atoms with E-state index in [0.29, 0.717) is 5.56 Å². The van der Waals surface area contributed by atoms with E-state index in [2.05, 4.69) is 33.8 Å². The van der Waals surface area contributed by atoms with Gasteiger partial charge in [-0.25, -0.2) is 4.98 Å². The summed E-state index contributed by atoms with van der Waals surface area (Å²) in [5.41, 5.74) is 3.61. The smallest absolute Gasteiger partial charge is 0.145 e. The molecule has 0 fully saturated rings. The molecule has 4 aromatic rings. The summed E-state index contributed by atoms with van der Waals surface area (Å²) in [4.78, 5) is 4.53. The Balaban J connectivity index is 2.17. The van der Waals surface area contributed by atoms with Crippen molar-refractivity contribution >= 4 is 21.9 Å². The highest BCUT2D eigenvalue weighted by Gasteiger charge is 2.12. The second-order valence-corrected chi connectivity index (χ2v) is 4.89. The zero-order valence-corrected chi connectivity index (χ0v) is 11.2. The van der Waals surface area contributed by atoms with E-state index in [1.807, 2.05) is 42.5 Å². The van der Waals surface area contributed by atoms with Gasteiger partial charge >= 0.3 is 0 Å². The molecule has 0 aliphatic rings. The number of fused-ring (bicyclic) bond motifs is 3. The summed E-state index contributed by atoms with van der Waals surface area (Å²) in [6, 6.07) is 22.1. The lowest BCUT2D eigenvalue weighted by Crippen LogP contribution is -1.95. The molecule has 0 saturated carbocycles. The number of rotatable bonds is 1. The second-order valence-electron chi connectivity index (χ2n) is 4.89. The van der Waals surface area contributed by atoms with Crippen molar-refractivity contribution in [2.24, 2.45) is 0 Å². The van der Waals surface area contributed by atoms with Crippen molar-refractivity contribution < 1.29 is 0 Å². The van der Waals surface area contributed by atoms with Crippen molar-refractivity contribution in [2.45, 2.75) is 0 Å². The quantitative estimate of drug-likeness (QED) is 0.523. The summed E-state index contributed by atoms with van der Waals surface area (Å²) in [6.45, 7) is 0. The van der Waals surface area contributed by atoms with Gasteiger partial charge in [-0.2, -0.15) is 5.26 Å². The van der Waals surface area contributed by atoms with Gasteiger partial charge in [0.05, 0.1) is 17.1 Å². The van der Waals surface area contributed by atoms with E-state index in [9.17, 15) is 0 Å². The van der Waals surface area contributed by atoms with Crippen LogP contribution in [0.1, 0.15) is 5.56 Å². The lowest BCUT2D eigenvalue weighted by Gasteiger charge is -2.06. The predicted octanol–water partition coefficient (Wildman–Crippen LogP) is 4.05. The van der Waals surface area contributed by atoms with Crippen LogP contribution >= 0.6 is 0 Å². The molecule has 3 nitrogen and oxygen atoms in total. The number of benzene rings is 2. The maximum atomic E-state index is 9.11. The van der Waals surface area contributed by atoms with Gasteiger partial charge in [0.2, 0.25) is 0 Å². The minimum Gasteiger partial charge on any atom is -0.294 e. The molecule has 0 radical (unpaired) electrons. The Labute approximate surface area is 121 Å². The third-order valence-electron chi connectivity index (χ3n) is 3.67. The Bertz CT molecular complexity index is 953. The van der Waals surface area contributed by atoms with Gasteiger partial charge in [0.1, 0.15) is 5.65 Å². The average Bonchev–Trinajstić information content (AvgIpc) is 2.89. The summed E-state index contributed by atoms with van der Waals surface area (Å²) >= 11 is 0. The van der Waals surface area contributed by atoms with Crippen LogP contribution in [0.3, 0.4) is 0 Å². The van der Waals surface area contributed by atoms with Crippen LogP contribution in [0.25, 0.3) is 27.6 Å². The van der Waals surface area contributed by atoms with Crippen LogP contribution in [0, 0.1) is 11.3 Å². The highest BCUT2D eigenvalue weighted by molar-refractivity contribution is 6.07. The maximum absolute atomic E-state index is 9.11. The molecule has 0 unspecified atom stereocenters. The average molecular weight is 269 g/mol. The molecule has 21 heavy (non-hydrogen) atoms. The van der Waals surface area contributed by atoms with Crippen molar-refractivity contribution in [3.05, 3.63) is 72.4 Å². The van der Waals surface area contributed by atoms with Crippen molar-refractivity contribution in [1.82, 2.24) is 9.55 Å². The van der Waals surface area contributed by atoms with Crippen LogP contribution < -0.4 is 0 Å². The molecule has 0 N–H and O–H groups in total. The van der Waals surface area contributed by atoms with Gasteiger partial charge in [0, 0.05) is 22.7 Å². The summed E-state index contributed by atoms with van der Waals surface area (Å²) in [6.07, 6.45) is 1.80. The van der Waals surface area contributed by atoms with Crippen molar-refractivity contribution in [2.75, 3.05) is 0 Å². The topological polar surface area (TPSA) is 41.6 Å². The van der Waals surface area contributed by atoms with E-state index >= 15 is 0 Å². The van der Waals surface area contributed by atoms with Crippen LogP contribution in [0.2, 0.25) is 0 Å². The summed E-state index contributed by atoms with van der Waals surface area (Å²) < 4.78 is 2.10. The zero-order chi connectivity index (χ0) is 14.2. The molecule has 4 rings (SSSR count). The van der Waals surface area contributed by atoms with Crippen LogP contribution in [-0.4, -0.2) is 9.55 Å². The van der Waals surface area contributed by atoms with Crippen LogP contribution in [0.15, 0.2) is 66.9 Å². The Morgan fingerprint density at radius 1 is 0.905 bits per heavy atom. The molecule has 0 atom stereocenters. The van der Waals surface area contributed by atoms with Crippen molar-refractivity contribution in [1.29, 1.82) is 5.26 Å². The van der Waals surface area contributed by atoms with Gasteiger partial charge < -0.3 is 0 Å². The monoisotopic (exact) mass is 269 g/mol. The normalized spacial score (nSPS) is 10.8. The minimum atomic E-state index is 0.648. The lowest BCUT2D eigenvalue weighted by atomic mass is 10.2. The van der Waals surface area contributed by atoms with Crippen LogP contribution in [0.5, 0.6) is 0 Å². The number of hydrogen-bond acceptors (Lipinski definition) is 2. The first-order valence-corrected chi connectivity index (χ1v) is 6.73. The molecular formula is C18H11N3. The fraction of sp³-hybridized carbons (Fsp3) is 0. The van der Waals surface area contributed by atoms with Crippen LogP contribution in [0.4, 0.5) is 0 Å². The number of hydrogen-bond donors (Lipinski definition) is 0. The van der Waals surface area contributed by atoms with Gasteiger partial charge in [0.15, 0.2) is 0 Å². The molecule has 2 aromatic carbocycles. The van der Waals surface area contributed by atoms with Crippen LogP contribution in [-0.2, 0) is 0 Å². The highest BCUT2D eigenvalue weighted by atomic mass is 15.0. The van der Waals surface area contributed by atoms with E-state index in [4.69, 9.17) is 5.26 Å². The fourth-order valence-corrected chi connectivity index (χ4v) is 2.77. The van der Waals surface area contributed by atoms with Crippen molar-refractivity contribution in [3.8, 4) is 11.8 Å². The molecule has 0 bridgehead atoms. The first kappa shape index (κ1) is 11.7. The first-order chi connectivity index (χ1) is 10.4. The highest BCUT2D eigenvalue weighted by Crippen LogP contribution is 2.30. The van der Waals surface area contributed by atoms with Gasteiger partial charge in [-0.05, 0) is 36.4 Å². The van der Waals surface area contributed by atoms with E-state index in [1.165, 1.54) is 5.39 Å². The Morgan fingerprint density at radius 3 is 2.67 bits per heavy atom. The molecule has 0 amide bonds. The SMILES string of the molecule is N#Cc1cccc(-n2c3ccccc3c3cccnc32)c1. The molecule has 0 aliphatic heterocycles.